The van der Waals surface area contributed by atoms with Crippen LogP contribution in [0.25, 0.3) is 10.1 Å². The van der Waals surface area contributed by atoms with Crippen LogP contribution < -0.4 is 11.1 Å². The van der Waals surface area contributed by atoms with Gasteiger partial charge in [-0.2, -0.15) is 0 Å². The number of nitrogens with one attached hydrogen (secondary N) is 1. The Bertz CT molecular complexity index is 574. The summed E-state index contributed by atoms with van der Waals surface area (Å²) in [5, 5.41) is 6.03. The number of hydrogen-bond acceptors (Lipinski definition) is 3. The Balaban J connectivity index is 1.83. The van der Waals surface area contributed by atoms with Gasteiger partial charge in [-0.15, -0.1) is 11.3 Å². The van der Waals surface area contributed by atoms with Gasteiger partial charge in [0.2, 0.25) is 0 Å². The second-order valence-corrected chi connectivity index (χ2v) is 5.71. The summed E-state index contributed by atoms with van der Waals surface area (Å²) in [7, 11) is 0. The maximum atomic E-state index is 12.3. The largest absolute Gasteiger partial charge is 0.348 e. The fourth-order valence-corrected chi connectivity index (χ4v) is 3.21. The van der Waals surface area contributed by atoms with Gasteiger partial charge < -0.3 is 11.1 Å². The molecule has 4 heteroatoms. The average Bonchev–Trinajstić information content (AvgIpc) is 3.14. The van der Waals surface area contributed by atoms with Crippen LogP contribution in [0, 0.1) is 5.92 Å². The molecular weight excluding hydrogens is 244 g/mol. The monoisotopic (exact) mass is 260 g/mol. The van der Waals surface area contributed by atoms with Gasteiger partial charge in [0.1, 0.15) is 0 Å². The zero-order valence-corrected chi connectivity index (χ0v) is 10.9. The number of fused-ring (bicyclic) bond motifs is 1. The minimum atomic E-state index is 0.00907. The molecule has 1 amide bonds. The molecule has 3 N–H and O–H groups in total. The minimum Gasteiger partial charge on any atom is -0.348 e. The Labute approximate surface area is 110 Å². The molecule has 0 radical (unpaired) electrons. The Hall–Kier alpha value is -1.39. The number of rotatable bonds is 4. The summed E-state index contributed by atoms with van der Waals surface area (Å²) >= 11 is 1.61. The first-order valence-corrected chi connectivity index (χ1v) is 7.14. The zero-order chi connectivity index (χ0) is 12.5. The second-order valence-electron chi connectivity index (χ2n) is 4.80. The second kappa shape index (κ2) is 4.71. The molecule has 3 nitrogen and oxygen atoms in total. The molecule has 1 aliphatic rings. The molecular formula is C14H16N2OS. The van der Waals surface area contributed by atoms with E-state index in [1.807, 2.05) is 29.6 Å². The molecule has 1 aromatic heterocycles. The van der Waals surface area contributed by atoms with Crippen molar-refractivity contribution < 1.29 is 4.79 Å². The number of carbonyl (C=O) groups is 1. The Morgan fingerprint density at radius 1 is 1.44 bits per heavy atom. The number of thiophene rings is 1. The fraction of sp³-hybridized carbons (Fsp3) is 0.357. The van der Waals surface area contributed by atoms with Crippen LogP contribution in [0.4, 0.5) is 0 Å². The third-order valence-electron chi connectivity index (χ3n) is 3.49. The highest BCUT2D eigenvalue weighted by Gasteiger charge is 2.31. The van der Waals surface area contributed by atoms with Crippen LogP contribution in [-0.4, -0.2) is 18.5 Å². The zero-order valence-electron chi connectivity index (χ0n) is 10.1. The SMILES string of the molecule is NCC(NC(=O)c1csc2ccccc12)C1CC1. The molecule has 0 saturated heterocycles. The van der Waals surface area contributed by atoms with E-state index < -0.39 is 0 Å². The van der Waals surface area contributed by atoms with Crippen LogP contribution in [0.3, 0.4) is 0 Å². The van der Waals surface area contributed by atoms with E-state index in [0.29, 0.717) is 12.5 Å². The third kappa shape index (κ3) is 2.13. The average molecular weight is 260 g/mol. The smallest absolute Gasteiger partial charge is 0.253 e. The van der Waals surface area contributed by atoms with Gasteiger partial charge in [-0.05, 0) is 24.8 Å². The van der Waals surface area contributed by atoms with Crippen LogP contribution in [0.1, 0.15) is 23.2 Å². The molecule has 0 spiro atoms. The standard InChI is InChI=1S/C14H16N2OS/c15-7-12(9-5-6-9)16-14(17)11-8-18-13-4-2-1-3-10(11)13/h1-4,8-9,12H,5-7,15H2,(H,16,17). The van der Waals surface area contributed by atoms with Gasteiger partial charge in [-0.3, -0.25) is 4.79 Å². The fourth-order valence-electron chi connectivity index (χ4n) is 2.27. The van der Waals surface area contributed by atoms with Crippen molar-refractivity contribution in [3.05, 3.63) is 35.2 Å². The highest BCUT2D eigenvalue weighted by Crippen LogP contribution is 2.32. The van der Waals surface area contributed by atoms with Gasteiger partial charge in [0.05, 0.1) is 5.56 Å². The summed E-state index contributed by atoms with van der Waals surface area (Å²) in [5.41, 5.74) is 6.49. The van der Waals surface area contributed by atoms with Gasteiger partial charge in [0.25, 0.3) is 5.91 Å². The summed E-state index contributed by atoms with van der Waals surface area (Å²) in [5.74, 6) is 0.596. The molecule has 1 fully saturated rings. The lowest BCUT2D eigenvalue weighted by Gasteiger charge is -2.15. The van der Waals surface area contributed by atoms with Crippen molar-refractivity contribution in [2.24, 2.45) is 11.7 Å². The topological polar surface area (TPSA) is 55.1 Å². The van der Waals surface area contributed by atoms with Crippen LogP contribution in [0.2, 0.25) is 0 Å². The maximum absolute atomic E-state index is 12.3. The minimum absolute atomic E-state index is 0.00907. The lowest BCUT2D eigenvalue weighted by atomic mass is 10.1. The predicted octanol–water partition coefficient (Wildman–Crippen LogP) is 2.37. The molecule has 94 valence electrons. The van der Waals surface area contributed by atoms with Crippen molar-refractivity contribution in [1.82, 2.24) is 5.32 Å². The molecule has 1 unspecified atom stereocenters. The van der Waals surface area contributed by atoms with Crippen molar-refractivity contribution >= 4 is 27.3 Å². The molecule has 1 atom stereocenters. The number of nitrogens with two attached hydrogens (primary N) is 1. The molecule has 2 aromatic rings. The van der Waals surface area contributed by atoms with Crippen molar-refractivity contribution in [2.45, 2.75) is 18.9 Å². The van der Waals surface area contributed by atoms with Crippen molar-refractivity contribution in [1.29, 1.82) is 0 Å². The summed E-state index contributed by atoms with van der Waals surface area (Å²) in [6.07, 6.45) is 2.37. The van der Waals surface area contributed by atoms with Gasteiger partial charge in [-0.25, -0.2) is 0 Å². The summed E-state index contributed by atoms with van der Waals surface area (Å²) in [4.78, 5) is 12.3. The van der Waals surface area contributed by atoms with Crippen LogP contribution in [0.5, 0.6) is 0 Å². The number of amides is 1. The van der Waals surface area contributed by atoms with E-state index in [-0.39, 0.29) is 11.9 Å². The summed E-state index contributed by atoms with van der Waals surface area (Å²) < 4.78 is 1.15. The van der Waals surface area contributed by atoms with E-state index in [9.17, 15) is 4.79 Å². The highest BCUT2D eigenvalue weighted by atomic mass is 32.1. The van der Waals surface area contributed by atoms with E-state index in [4.69, 9.17) is 5.73 Å². The van der Waals surface area contributed by atoms with Crippen LogP contribution >= 0.6 is 11.3 Å². The maximum Gasteiger partial charge on any atom is 0.253 e. The summed E-state index contributed by atoms with van der Waals surface area (Å²) in [6, 6.07) is 8.13. The van der Waals surface area contributed by atoms with E-state index in [2.05, 4.69) is 5.32 Å². The number of hydrogen-bond donors (Lipinski definition) is 2. The number of carbonyl (C=O) groups excluding carboxylic acids is 1. The van der Waals surface area contributed by atoms with Crippen molar-refractivity contribution in [3.8, 4) is 0 Å². The van der Waals surface area contributed by atoms with Crippen molar-refractivity contribution in [3.63, 3.8) is 0 Å². The van der Waals surface area contributed by atoms with Gasteiger partial charge >= 0.3 is 0 Å². The van der Waals surface area contributed by atoms with Crippen LogP contribution in [0.15, 0.2) is 29.6 Å². The molecule has 1 heterocycles. The third-order valence-corrected chi connectivity index (χ3v) is 4.45. The first-order chi connectivity index (χ1) is 8.79. The molecule has 1 aliphatic carbocycles. The Morgan fingerprint density at radius 2 is 2.22 bits per heavy atom. The Kier molecular flexibility index (Phi) is 3.06. The molecule has 1 saturated carbocycles. The molecule has 0 bridgehead atoms. The predicted molar refractivity (Wildman–Crippen MR) is 74.9 cm³/mol. The summed E-state index contributed by atoms with van der Waals surface area (Å²) in [6.45, 7) is 0.526. The van der Waals surface area contributed by atoms with Gasteiger partial charge in [0.15, 0.2) is 0 Å². The molecule has 3 rings (SSSR count). The van der Waals surface area contributed by atoms with E-state index >= 15 is 0 Å². The van der Waals surface area contributed by atoms with Crippen LogP contribution in [-0.2, 0) is 0 Å². The first kappa shape index (κ1) is 11.7. The van der Waals surface area contributed by atoms with E-state index in [0.717, 1.165) is 15.6 Å². The lowest BCUT2D eigenvalue weighted by molar-refractivity contribution is 0.0935. The first-order valence-electron chi connectivity index (χ1n) is 6.26. The highest BCUT2D eigenvalue weighted by molar-refractivity contribution is 7.17. The normalized spacial score (nSPS) is 16.7. The quantitative estimate of drug-likeness (QED) is 0.886. The van der Waals surface area contributed by atoms with Gasteiger partial charge in [-0.1, -0.05) is 18.2 Å². The van der Waals surface area contributed by atoms with Gasteiger partial charge in [0, 0.05) is 28.1 Å². The van der Waals surface area contributed by atoms with Crippen molar-refractivity contribution in [2.75, 3.05) is 6.54 Å². The lowest BCUT2D eigenvalue weighted by Crippen LogP contribution is -2.41. The molecule has 1 aromatic carbocycles. The number of benzene rings is 1. The molecule has 0 aliphatic heterocycles. The van der Waals surface area contributed by atoms with E-state index in [1.54, 1.807) is 11.3 Å². The molecule has 18 heavy (non-hydrogen) atoms. The Morgan fingerprint density at radius 3 is 2.94 bits per heavy atom. The van der Waals surface area contributed by atoms with E-state index in [1.165, 1.54) is 12.8 Å².